The number of hydrogen-bond donors (Lipinski definition) is 0. The van der Waals surface area contributed by atoms with Gasteiger partial charge in [0, 0.05) is 0 Å². The smallest absolute Gasteiger partial charge is 0.143 e. The van der Waals surface area contributed by atoms with Gasteiger partial charge in [-0.15, -0.1) is 11.8 Å². The standard InChI is InChI=1S/C9H18OS/c1-6(2)9(8(5)10)11-7(3)4/h6-7,9H,1-5H3. The molecule has 0 N–H and O–H groups in total. The van der Waals surface area contributed by atoms with E-state index in [1.54, 1.807) is 18.7 Å². The van der Waals surface area contributed by atoms with Gasteiger partial charge in [0.15, 0.2) is 0 Å². The van der Waals surface area contributed by atoms with Crippen molar-refractivity contribution in [1.29, 1.82) is 0 Å². The van der Waals surface area contributed by atoms with Crippen molar-refractivity contribution in [2.45, 2.75) is 45.1 Å². The van der Waals surface area contributed by atoms with Crippen LogP contribution in [-0.4, -0.2) is 16.3 Å². The molecule has 0 saturated carbocycles. The molecule has 1 atom stereocenters. The van der Waals surface area contributed by atoms with E-state index in [-0.39, 0.29) is 5.25 Å². The average Bonchev–Trinajstić information content (AvgIpc) is 1.81. The molecule has 1 unspecified atom stereocenters. The van der Waals surface area contributed by atoms with Crippen LogP contribution in [0.3, 0.4) is 0 Å². The zero-order chi connectivity index (χ0) is 9.02. The summed E-state index contributed by atoms with van der Waals surface area (Å²) in [4.78, 5) is 11.1. The van der Waals surface area contributed by atoms with Crippen LogP contribution in [0.15, 0.2) is 0 Å². The zero-order valence-corrected chi connectivity index (χ0v) is 8.87. The molecule has 0 aromatic rings. The summed E-state index contributed by atoms with van der Waals surface area (Å²) < 4.78 is 0. The molecule has 1 nitrogen and oxygen atoms in total. The van der Waals surface area contributed by atoms with E-state index in [2.05, 4.69) is 27.7 Å². The van der Waals surface area contributed by atoms with Gasteiger partial charge in [0.1, 0.15) is 5.78 Å². The van der Waals surface area contributed by atoms with Gasteiger partial charge in [-0.3, -0.25) is 4.79 Å². The highest BCUT2D eigenvalue weighted by atomic mass is 32.2. The molecule has 0 fully saturated rings. The molecular formula is C9H18OS. The van der Waals surface area contributed by atoms with Crippen molar-refractivity contribution in [3.8, 4) is 0 Å². The molecule has 0 aromatic carbocycles. The van der Waals surface area contributed by atoms with E-state index < -0.39 is 0 Å². The molecule has 0 amide bonds. The maximum absolute atomic E-state index is 11.1. The maximum Gasteiger partial charge on any atom is 0.143 e. The molecule has 11 heavy (non-hydrogen) atoms. The number of hydrogen-bond acceptors (Lipinski definition) is 2. The predicted molar refractivity (Wildman–Crippen MR) is 52.0 cm³/mol. The second-order valence-corrected chi connectivity index (χ2v) is 5.18. The molecular weight excluding hydrogens is 156 g/mol. The fourth-order valence-electron chi connectivity index (χ4n) is 1.02. The van der Waals surface area contributed by atoms with Crippen molar-refractivity contribution >= 4 is 17.5 Å². The Morgan fingerprint density at radius 1 is 1.18 bits per heavy atom. The number of ketones is 1. The monoisotopic (exact) mass is 174 g/mol. The van der Waals surface area contributed by atoms with Crippen molar-refractivity contribution in [2.24, 2.45) is 5.92 Å². The first kappa shape index (κ1) is 11.0. The summed E-state index contributed by atoms with van der Waals surface area (Å²) in [6.45, 7) is 10.1. The third kappa shape index (κ3) is 4.46. The Kier molecular flexibility index (Phi) is 4.82. The van der Waals surface area contributed by atoms with Crippen LogP contribution in [0.5, 0.6) is 0 Å². The van der Waals surface area contributed by atoms with Crippen molar-refractivity contribution in [1.82, 2.24) is 0 Å². The van der Waals surface area contributed by atoms with Crippen molar-refractivity contribution < 1.29 is 4.79 Å². The molecule has 0 spiro atoms. The number of carbonyl (C=O) groups is 1. The Bertz CT molecular complexity index is 130. The van der Waals surface area contributed by atoms with E-state index in [0.717, 1.165) is 0 Å². The first-order valence-corrected chi connectivity index (χ1v) is 5.05. The topological polar surface area (TPSA) is 17.1 Å². The van der Waals surface area contributed by atoms with Crippen LogP contribution < -0.4 is 0 Å². The Balaban J connectivity index is 4.01. The predicted octanol–water partition coefficient (Wildman–Crippen LogP) is 2.74. The van der Waals surface area contributed by atoms with Crippen LogP contribution in [0.4, 0.5) is 0 Å². The molecule has 0 aliphatic heterocycles. The lowest BCUT2D eigenvalue weighted by molar-refractivity contribution is -0.117. The Labute approximate surface area is 73.9 Å². The molecule has 0 bridgehead atoms. The average molecular weight is 174 g/mol. The molecule has 0 heterocycles. The molecule has 0 aliphatic carbocycles. The quantitative estimate of drug-likeness (QED) is 0.652. The lowest BCUT2D eigenvalue weighted by atomic mass is 10.1. The van der Waals surface area contributed by atoms with Gasteiger partial charge in [-0.2, -0.15) is 0 Å². The van der Waals surface area contributed by atoms with Crippen LogP contribution in [0.2, 0.25) is 0 Å². The van der Waals surface area contributed by atoms with E-state index in [4.69, 9.17) is 0 Å². The van der Waals surface area contributed by atoms with Crippen molar-refractivity contribution in [3.63, 3.8) is 0 Å². The molecule has 0 rings (SSSR count). The van der Waals surface area contributed by atoms with Crippen LogP contribution in [0, 0.1) is 5.92 Å². The molecule has 0 radical (unpaired) electrons. The third-order valence-corrected chi connectivity index (χ3v) is 3.14. The summed E-state index contributed by atoms with van der Waals surface area (Å²) >= 11 is 1.77. The largest absolute Gasteiger partial charge is 0.299 e. The summed E-state index contributed by atoms with van der Waals surface area (Å²) in [6, 6.07) is 0. The minimum absolute atomic E-state index is 0.190. The van der Waals surface area contributed by atoms with Crippen LogP contribution in [0.1, 0.15) is 34.6 Å². The summed E-state index contributed by atoms with van der Waals surface area (Å²) in [5.74, 6) is 0.763. The number of Topliss-reactive ketones (excluding diaryl/α,β-unsaturated/α-hetero) is 1. The van der Waals surface area contributed by atoms with Gasteiger partial charge in [-0.25, -0.2) is 0 Å². The summed E-state index contributed by atoms with van der Waals surface area (Å²) in [5.41, 5.74) is 0. The highest BCUT2D eigenvalue weighted by molar-refractivity contribution is 8.01. The number of rotatable bonds is 4. The summed E-state index contributed by atoms with van der Waals surface area (Å²) in [6.07, 6.45) is 0. The van der Waals surface area contributed by atoms with E-state index in [1.165, 1.54) is 0 Å². The lowest BCUT2D eigenvalue weighted by Crippen LogP contribution is -2.22. The number of carbonyl (C=O) groups excluding carboxylic acids is 1. The highest BCUT2D eigenvalue weighted by Gasteiger charge is 2.19. The first-order chi connectivity index (χ1) is 4.95. The Hall–Kier alpha value is 0.0200. The zero-order valence-electron chi connectivity index (χ0n) is 8.05. The van der Waals surface area contributed by atoms with Gasteiger partial charge in [-0.1, -0.05) is 27.7 Å². The summed E-state index contributed by atoms with van der Waals surface area (Å²) in [7, 11) is 0. The normalized spacial score (nSPS) is 14.1. The van der Waals surface area contributed by atoms with Crippen molar-refractivity contribution in [2.75, 3.05) is 0 Å². The van der Waals surface area contributed by atoms with Crippen LogP contribution >= 0.6 is 11.8 Å². The third-order valence-electron chi connectivity index (χ3n) is 1.42. The second kappa shape index (κ2) is 4.81. The summed E-state index contributed by atoms with van der Waals surface area (Å²) in [5, 5.41) is 0.737. The van der Waals surface area contributed by atoms with Gasteiger partial charge in [0.25, 0.3) is 0 Å². The van der Waals surface area contributed by atoms with Crippen LogP contribution in [-0.2, 0) is 4.79 Å². The number of thioether (sulfide) groups is 1. The van der Waals surface area contributed by atoms with E-state index >= 15 is 0 Å². The minimum atomic E-state index is 0.190. The second-order valence-electron chi connectivity index (χ2n) is 3.46. The maximum atomic E-state index is 11.1. The first-order valence-electron chi connectivity index (χ1n) is 4.11. The Morgan fingerprint density at radius 2 is 1.64 bits per heavy atom. The molecule has 66 valence electrons. The van der Waals surface area contributed by atoms with E-state index in [9.17, 15) is 4.79 Å². The molecule has 0 aromatic heterocycles. The van der Waals surface area contributed by atoms with Gasteiger partial charge < -0.3 is 0 Å². The SMILES string of the molecule is CC(=O)C(SC(C)C)C(C)C. The Morgan fingerprint density at radius 3 is 1.73 bits per heavy atom. The lowest BCUT2D eigenvalue weighted by Gasteiger charge is -2.19. The van der Waals surface area contributed by atoms with Crippen molar-refractivity contribution in [3.05, 3.63) is 0 Å². The highest BCUT2D eigenvalue weighted by Crippen LogP contribution is 2.24. The fourth-order valence-corrected chi connectivity index (χ4v) is 2.11. The molecule has 0 aliphatic rings. The van der Waals surface area contributed by atoms with Crippen LogP contribution in [0.25, 0.3) is 0 Å². The van der Waals surface area contributed by atoms with Gasteiger partial charge >= 0.3 is 0 Å². The molecule has 2 heteroatoms. The minimum Gasteiger partial charge on any atom is -0.299 e. The fraction of sp³-hybridized carbons (Fsp3) is 0.889. The van der Waals surface area contributed by atoms with Gasteiger partial charge in [0.05, 0.1) is 5.25 Å². The van der Waals surface area contributed by atoms with E-state index in [0.29, 0.717) is 17.0 Å². The van der Waals surface area contributed by atoms with Gasteiger partial charge in [-0.05, 0) is 18.1 Å². The van der Waals surface area contributed by atoms with Gasteiger partial charge in [0.2, 0.25) is 0 Å². The van der Waals surface area contributed by atoms with E-state index in [1.807, 2.05) is 0 Å². The molecule has 0 saturated heterocycles.